The van der Waals surface area contributed by atoms with Crippen LogP contribution in [0.5, 0.6) is 0 Å². The number of halogens is 1. The van der Waals surface area contributed by atoms with Gasteiger partial charge >= 0.3 is 0 Å². The van der Waals surface area contributed by atoms with Crippen molar-refractivity contribution in [2.24, 2.45) is 11.7 Å². The molecule has 0 aliphatic heterocycles. The fourth-order valence-corrected chi connectivity index (χ4v) is 2.64. The molecule has 1 aromatic carbocycles. The van der Waals surface area contributed by atoms with Crippen LogP contribution in [-0.4, -0.2) is 12.5 Å². The van der Waals surface area contributed by atoms with Gasteiger partial charge in [0, 0.05) is 12.1 Å². The number of benzene rings is 1. The van der Waals surface area contributed by atoms with Crippen LogP contribution in [0.25, 0.3) is 0 Å². The van der Waals surface area contributed by atoms with Crippen LogP contribution in [-0.2, 0) is 0 Å². The van der Waals surface area contributed by atoms with E-state index in [1.165, 1.54) is 32.1 Å². The van der Waals surface area contributed by atoms with Crippen molar-refractivity contribution in [3.05, 3.63) is 28.8 Å². The van der Waals surface area contributed by atoms with E-state index in [0.717, 1.165) is 12.2 Å². The highest BCUT2D eigenvalue weighted by Crippen LogP contribution is 2.27. The zero-order valence-corrected chi connectivity index (χ0v) is 11.2. The second-order valence-electron chi connectivity index (χ2n) is 4.94. The number of nitrogens with two attached hydrogens (primary N) is 1. The maximum absolute atomic E-state index is 11.1. The molecular formula is C14H19ClN2O. The van der Waals surface area contributed by atoms with Gasteiger partial charge in [-0.15, -0.1) is 0 Å². The lowest BCUT2D eigenvalue weighted by atomic mass is 9.89. The van der Waals surface area contributed by atoms with Gasteiger partial charge in [-0.2, -0.15) is 0 Å². The van der Waals surface area contributed by atoms with Gasteiger partial charge in [0.1, 0.15) is 0 Å². The van der Waals surface area contributed by atoms with Gasteiger partial charge in [-0.1, -0.05) is 30.9 Å². The van der Waals surface area contributed by atoms with E-state index in [4.69, 9.17) is 17.3 Å². The molecule has 1 aliphatic carbocycles. The van der Waals surface area contributed by atoms with Crippen LogP contribution in [0.4, 0.5) is 5.69 Å². The van der Waals surface area contributed by atoms with Gasteiger partial charge in [-0.25, -0.2) is 0 Å². The topological polar surface area (TPSA) is 55.1 Å². The highest BCUT2D eigenvalue weighted by atomic mass is 35.5. The van der Waals surface area contributed by atoms with Crippen molar-refractivity contribution in [2.75, 3.05) is 11.9 Å². The summed E-state index contributed by atoms with van der Waals surface area (Å²) in [7, 11) is 0. The summed E-state index contributed by atoms with van der Waals surface area (Å²) >= 11 is 6.10. The molecule has 0 radical (unpaired) electrons. The smallest absolute Gasteiger partial charge is 0.248 e. The third-order valence-corrected chi connectivity index (χ3v) is 3.89. The van der Waals surface area contributed by atoms with Gasteiger partial charge in [0.25, 0.3) is 0 Å². The summed E-state index contributed by atoms with van der Waals surface area (Å²) in [5.74, 6) is 0.291. The SMILES string of the molecule is NC(=O)c1ccc(Cl)c(NCC2CCCCC2)c1. The fraction of sp³-hybridized carbons (Fsp3) is 0.500. The first-order valence-corrected chi connectivity index (χ1v) is 6.88. The Balaban J connectivity index is 1.99. The van der Waals surface area contributed by atoms with Crippen molar-refractivity contribution in [2.45, 2.75) is 32.1 Å². The lowest BCUT2D eigenvalue weighted by Crippen LogP contribution is -2.18. The van der Waals surface area contributed by atoms with E-state index in [2.05, 4.69) is 5.32 Å². The summed E-state index contributed by atoms with van der Waals surface area (Å²) in [6, 6.07) is 5.09. The number of carbonyl (C=O) groups is 1. The summed E-state index contributed by atoms with van der Waals surface area (Å²) in [4.78, 5) is 11.1. The van der Waals surface area contributed by atoms with Gasteiger partial charge in [-0.05, 0) is 37.0 Å². The number of nitrogens with one attached hydrogen (secondary N) is 1. The Morgan fingerprint density at radius 2 is 2.06 bits per heavy atom. The maximum Gasteiger partial charge on any atom is 0.248 e. The Hall–Kier alpha value is -1.22. The molecule has 0 spiro atoms. The summed E-state index contributed by atoms with van der Waals surface area (Å²) in [6.45, 7) is 0.919. The van der Waals surface area contributed by atoms with Crippen molar-refractivity contribution in [1.29, 1.82) is 0 Å². The van der Waals surface area contributed by atoms with E-state index >= 15 is 0 Å². The molecule has 3 N–H and O–H groups in total. The van der Waals surface area contributed by atoms with Crippen LogP contribution in [0.3, 0.4) is 0 Å². The van der Waals surface area contributed by atoms with Gasteiger partial charge in [0.15, 0.2) is 0 Å². The molecule has 98 valence electrons. The molecule has 1 aromatic rings. The first kappa shape index (κ1) is 13.2. The van der Waals surface area contributed by atoms with Crippen LogP contribution in [0.15, 0.2) is 18.2 Å². The average molecular weight is 267 g/mol. The second kappa shape index (κ2) is 6.10. The molecule has 1 amide bonds. The predicted octanol–water partition coefficient (Wildman–Crippen LogP) is 3.43. The van der Waals surface area contributed by atoms with Crippen molar-refractivity contribution in [3.63, 3.8) is 0 Å². The van der Waals surface area contributed by atoms with E-state index in [9.17, 15) is 4.79 Å². The molecule has 0 bridgehead atoms. The van der Waals surface area contributed by atoms with E-state index < -0.39 is 5.91 Å². The first-order chi connectivity index (χ1) is 8.66. The molecule has 18 heavy (non-hydrogen) atoms. The van der Waals surface area contributed by atoms with Crippen LogP contribution < -0.4 is 11.1 Å². The number of rotatable bonds is 4. The minimum Gasteiger partial charge on any atom is -0.384 e. The van der Waals surface area contributed by atoms with Crippen LogP contribution >= 0.6 is 11.6 Å². The molecule has 0 heterocycles. The number of anilines is 1. The number of hydrogen-bond donors (Lipinski definition) is 2. The van der Waals surface area contributed by atoms with Crippen LogP contribution in [0, 0.1) is 5.92 Å². The van der Waals surface area contributed by atoms with Crippen molar-refractivity contribution < 1.29 is 4.79 Å². The summed E-state index contributed by atoms with van der Waals surface area (Å²) in [5.41, 5.74) is 6.56. The Labute approximate surface area is 113 Å². The molecule has 1 aliphatic rings. The lowest BCUT2D eigenvalue weighted by Gasteiger charge is -2.22. The Morgan fingerprint density at radius 1 is 1.33 bits per heavy atom. The normalized spacial score (nSPS) is 16.5. The Bertz CT molecular complexity index is 428. The minimum atomic E-state index is -0.424. The van der Waals surface area contributed by atoms with Crippen LogP contribution in [0.2, 0.25) is 5.02 Å². The molecule has 3 nitrogen and oxygen atoms in total. The fourth-order valence-electron chi connectivity index (χ4n) is 2.46. The van der Waals surface area contributed by atoms with E-state index in [1.807, 2.05) is 0 Å². The molecule has 0 aromatic heterocycles. The van der Waals surface area contributed by atoms with Gasteiger partial charge in [0.05, 0.1) is 10.7 Å². The summed E-state index contributed by atoms with van der Waals surface area (Å²) < 4.78 is 0. The summed E-state index contributed by atoms with van der Waals surface area (Å²) in [6.07, 6.45) is 6.55. The maximum atomic E-state index is 11.1. The standard InChI is InChI=1S/C14H19ClN2O/c15-12-7-6-11(14(16)18)8-13(12)17-9-10-4-2-1-3-5-10/h6-8,10,17H,1-5,9H2,(H2,16,18). The lowest BCUT2D eigenvalue weighted by molar-refractivity contribution is 0.100. The molecule has 0 atom stereocenters. The van der Waals surface area contributed by atoms with E-state index in [1.54, 1.807) is 18.2 Å². The van der Waals surface area contributed by atoms with Gasteiger partial charge < -0.3 is 11.1 Å². The zero-order valence-electron chi connectivity index (χ0n) is 10.4. The Kier molecular flexibility index (Phi) is 4.48. The third kappa shape index (κ3) is 3.39. The second-order valence-corrected chi connectivity index (χ2v) is 5.35. The van der Waals surface area contributed by atoms with Crippen molar-refractivity contribution >= 4 is 23.2 Å². The molecule has 1 saturated carbocycles. The summed E-state index contributed by atoms with van der Waals surface area (Å²) in [5, 5.41) is 3.97. The molecular weight excluding hydrogens is 248 g/mol. The molecule has 1 fully saturated rings. The van der Waals surface area contributed by atoms with Crippen molar-refractivity contribution in [1.82, 2.24) is 0 Å². The van der Waals surface area contributed by atoms with E-state index in [-0.39, 0.29) is 0 Å². The van der Waals surface area contributed by atoms with Crippen LogP contribution in [0.1, 0.15) is 42.5 Å². The first-order valence-electron chi connectivity index (χ1n) is 6.50. The average Bonchev–Trinajstić information content (AvgIpc) is 2.38. The molecule has 0 saturated heterocycles. The largest absolute Gasteiger partial charge is 0.384 e. The van der Waals surface area contributed by atoms with E-state index in [0.29, 0.717) is 16.5 Å². The molecule has 2 rings (SSSR count). The highest BCUT2D eigenvalue weighted by Gasteiger charge is 2.14. The molecule has 0 unspecified atom stereocenters. The monoisotopic (exact) mass is 266 g/mol. The van der Waals surface area contributed by atoms with Gasteiger partial charge in [-0.3, -0.25) is 4.79 Å². The zero-order chi connectivity index (χ0) is 13.0. The number of hydrogen-bond acceptors (Lipinski definition) is 2. The third-order valence-electron chi connectivity index (χ3n) is 3.56. The minimum absolute atomic E-state index is 0.424. The quantitative estimate of drug-likeness (QED) is 0.877. The molecule has 4 heteroatoms. The number of amides is 1. The van der Waals surface area contributed by atoms with Gasteiger partial charge in [0.2, 0.25) is 5.91 Å². The number of primary amides is 1. The highest BCUT2D eigenvalue weighted by molar-refractivity contribution is 6.33. The predicted molar refractivity (Wildman–Crippen MR) is 75.0 cm³/mol. The Morgan fingerprint density at radius 3 is 2.72 bits per heavy atom. The number of carbonyl (C=O) groups excluding carboxylic acids is 1. The van der Waals surface area contributed by atoms with Crippen molar-refractivity contribution in [3.8, 4) is 0 Å².